The Morgan fingerprint density at radius 1 is 1.22 bits per heavy atom. The number of hydrogen-bond acceptors (Lipinski definition) is 6. The second-order valence-electron chi connectivity index (χ2n) is 7.84. The number of ether oxygens (including phenoxy) is 1. The Morgan fingerprint density at radius 3 is 2.52 bits per heavy atom. The van der Waals surface area contributed by atoms with Crippen LogP contribution in [0, 0.1) is 5.92 Å². The van der Waals surface area contributed by atoms with Crippen LogP contribution in [0.3, 0.4) is 0 Å². The molecular formula is C19H33N5O3. The van der Waals surface area contributed by atoms with Gasteiger partial charge < -0.3 is 24.8 Å². The molecule has 8 heteroatoms. The van der Waals surface area contributed by atoms with E-state index < -0.39 is 0 Å². The summed E-state index contributed by atoms with van der Waals surface area (Å²) in [4.78, 5) is 18.6. The van der Waals surface area contributed by atoms with E-state index in [-0.39, 0.29) is 18.0 Å². The summed E-state index contributed by atoms with van der Waals surface area (Å²) >= 11 is 0. The lowest BCUT2D eigenvalue weighted by atomic mass is 9.90. The first kappa shape index (κ1) is 20.1. The lowest BCUT2D eigenvalue weighted by Crippen LogP contribution is -2.49. The predicted molar refractivity (Wildman–Crippen MR) is 101 cm³/mol. The number of urea groups is 1. The number of likely N-dealkylation sites (tertiary alicyclic amines) is 1. The standard InChI is InChI=1S/C19H33N5O3/c1-4-20-19(25)24-9-5-15(6-10-24)21-16(14-7-11-26-12-8-14)18-22-17(13(2)3)23-27-18/h13-16,21H,4-12H2,1-3H3,(H,20,25). The van der Waals surface area contributed by atoms with E-state index in [1.54, 1.807) is 0 Å². The quantitative estimate of drug-likeness (QED) is 0.789. The van der Waals surface area contributed by atoms with Gasteiger partial charge in [-0.15, -0.1) is 0 Å². The Kier molecular flexibility index (Phi) is 7.07. The number of rotatable bonds is 6. The molecule has 27 heavy (non-hydrogen) atoms. The molecule has 8 nitrogen and oxygen atoms in total. The molecule has 1 aromatic rings. The lowest BCUT2D eigenvalue weighted by molar-refractivity contribution is 0.0449. The van der Waals surface area contributed by atoms with Crippen LogP contribution in [-0.2, 0) is 4.74 Å². The summed E-state index contributed by atoms with van der Waals surface area (Å²) in [6, 6.07) is 0.434. The molecule has 0 bridgehead atoms. The zero-order valence-corrected chi connectivity index (χ0v) is 16.7. The van der Waals surface area contributed by atoms with E-state index in [4.69, 9.17) is 9.26 Å². The highest BCUT2D eigenvalue weighted by Crippen LogP contribution is 2.31. The van der Waals surface area contributed by atoms with Crippen molar-refractivity contribution in [2.45, 2.75) is 64.5 Å². The second-order valence-corrected chi connectivity index (χ2v) is 7.84. The number of aromatic nitrogens is 2. The van der Waals surface area contributed by atoms with Crippen LogP contribution >= 0.6 is 0 Å². The molecule has 2 amide bonds. The number of nitrogens with zero attached hydrogens (tertiary/aromatic N) is 3. The van der Waals surface area contributed by atoms with Gasteiger partial charge in [0.1, 0.15) is 0 Å². The molecule has 0 spiro atoms. The third-order valence-electron chi connectivity index (χ3n) is 5.50. The summed E-state index contributed by atoms with van der Waals surface area (Å²) < 4.78 is 11.2. The maximum atomic E-state index is 12.0. The summed E-state index contributed by atoms with van der Waals surface area (Å²) in [5.74, 6) is 2.13. The van der Waals surface area contributed by atoms with Crippen molar-refractivity contribution in [3.05, 3.63) is 11.7 Å². The molecule has 1 unspecified atom stereocenters. The van der Waals surface area contributed by atoms with Crippen LogP contribution in [0.5, 0.6) is 0 Å². The van der Waals surface area contributed by atoms with Crippen molar-refractivity contribution in [2.75, 3.05) is 32.8 Å². The Bertz CT molecular complexity index is 592. The zero-order valence-electron chi connectivity index (χ0n) is 16.7. The summed E-state index contributed by atoms with van der Waals surface area (Å²) in [6.07, 6.45) is 3.85. The average molecular weight is 380 g/mol. The van der Waals surface area contributed by atoms with Gasteiger partial charge in [-0.1, -0.05) is 19.0 Å². The number of piperidine rings is 1. The molecule has 0 radical (unpaired) electrons. The minimum absolute atomic E-state index is 0.0374. The van der Waals surface area contributed by atoms with Crippen molar-refractivity contribution < 1.29 is 14.1 Å². The van der Waals surface area contributed by atoms with Crippen LogP contribution in [0.15, 0.2) is 4.52 Å². The maximum Gasteiger partial charge on any atom is 0.317 e. The first-order valence-electron chi connectivity index (χ1n) is 10.3. The predicted octanol–water partition coefficient (Wildman–Crippen LogP) is 2.44. The van der Waals surface area contributed by atoms with Crippen LogP contribution in [0.25, 0.3) is 0 Å². The highest BCUT2D eigenvalue weighted by Gasteiger charge is 2.33. The van der Waals surface area contributed by atoms with Gasteiger partial charge >= 0.3 is 6.03 Å². The third kappa shape index (κ3) is 5.19. The summed E-state index contributed by atoms with van der Waals surface area (Å²) in [7, 11) is 0. The number of carbonyl (C=O) groups excluding carboxylic acids is 1. The normalized spacial score (nSPS) is 20.8. The number of nitrogens with one attached hydrogen (secondary N) is 2. The van der Waals surface area contributed by atoms with Crippen LogP contribution in [0.2, 0.25) is 0 Å². The fraction of sp³-hybridized carbons (Fsp3) is 0.842. The Hall–Kier alpha value is -1.67. The van der Waals surface area contributed by atoms with E-state index in [0.717, 1.165) is 57.8 Å². The lowest BCUT2D eigenvalue weighted by Gasteiger charge is -2.36. The molecule has 2 fully saturated rings. The monoisotopic (exact) mass is 379 g/mol. The molecule has 0 aromatic carbocycles. The summed E-state index contributed by atoms with van der Waals surface area (Å²) in [6.45, 7) is 9.85. The first-order chi connectivity index (χ1) is 13.1. The van der Waals surface area contributed by atoms with Gasteiger partial charge in [-0.3, -0.25) is 0 Å². The van der Waals surface area contributed by atoms with Crippen molar-refractivity contribution in [3.8, 4) is 0 Å². The van der Waals surface area contributed by atoms with Gasteiger partial charge in [0, 0.05) is 44.8 Å². The largest absolute Gasteiger partial charge is 0.381 e. The molecule has 3 heterocycles. The SMILES string of the molecule is CCNC(=O)N1CCC(NC(c2nc(C(C)C)no2)C2CCOCC2)CC1. The van der Waals surface area contributed by atoms with Gasteiger partial charge in [-0.2, -0.15) is 4.98 Å². The summed E-state index contributed by atoms with van der Waals surface area (Å²) in [5, 5.41) is 10.8. The molecular weight excluding hydrogens is 346 g/mol. The van der Waals surface area contributed by atoms with Gasteiger partial charge in [-0.05, 0) is 38.5 Å². The molecule has 2 saturated heterocycles. The molecule has 2 N–H and O–H groups in total. The minimum atomic E-state index is 0.0374. The number of amides is 2. The Balaban J connectivity index is 1.64. The third-order valence-corrected chi connectivity index (χ3v) is 5.50. The van der Waals surface area contributed by atoms with E-state index in [1.165, 1.54) is 0 Å². The van der Waals surface area contributed by atoms with Crippen LogP contribution in [0.4, 0.5) is 4.79 Å². The van der Waals surface area contributed by atoms with E-state index in [0.29, 0.717) is 24.4 Å². The topological polar surface area (TPSA) is 92.5 Å². The smallest absolute Gasteiger partial charge is 0.317 e. The van der Waals surface area contributed by atoms with E-state index in [2.05, 4.69) is 34.6 Å². The Labute approximate surface area is 161 Å². The fourth-order valence-electron chi connectivity index (χ4n) is 3.83. The van der Waals surface area contributed by atoms with Gasteiger partial charge in [0.2, 0.25) is 5.89 Å². The van der Waals surface area contributed by atoms with Crippen molar-refractivity contribution in [2.24, 2.45) is 5.92 Å². The molecule has 0 saturated carbocycles. The zero-order chi connectivity index (χ0) is 19.2. The van der Waals surface area contributed by atoms with Gasteiger partial charge in [-0.25, -0.2) is 4.79 Å². The molecule has 3 rings (SSSR count). The second kappa shape index (κ2) is 9.50. The highest BCUT2D eigenvalue weighted by molar-refractivity contribution is 5.74. The van der Waals surface area contributed by atoms with Crippen molar-refractivity contribution in [3.63, 3.8) is 0 Å². The number of carbonyl (C=O) groups is 1. The van der Waals surface area contributed by atoms with Crippen LogP contribution in [0.1, 0.15) is 70.1 Å². The van der Waals surface area contributed by atoms with Crippen molar-refractivity contribution in [1.82, 2.24) is 25.7 Å². The molecule has 1 aromatic heterocycles. The summed E-state index contributed by atoms with van der Waals surface area (Å²) in [5.41, 5.74) is 0. The fourth-order valence-corrected chi connectivity index (χ4v) is 3.83. The van der Waals surface area contributed by atoms with Gasteiger partial charge in [0.15, 0.2) is 5.82 Å². The maximum absolute atomic E-state index is 12.0. The van der Waals surface area contributed by atoms with Crippen molar-refractivity contribution >= 4 is 6.03 Å². The first-order valence-corrected chi connectivity index (χ1v) is 10.3. The molecule has 152 valence electrons. The molecule has 2 aliphatic heterocycles. The van der Waals surface area contributed by atoms with E-state index >= 15 is 0 Å². The Morgan fingerprint density at radius 2 is 1.93 bits per heavy atom. The van der Waals surface area contributed by atoms with E-state index in [1.807, 2.05) is 11.8 Å². The van der Waals surface area contributed by atoms with Crippen molar-refractivity contribution in [1.29, 1.82) is 0 Å². The average Bonchev–Trinajstić information content (AvgIpc) is 3.18. The van der Waals surface area contributed by atoms with Crippen LogP contribution in [-0.4, -0.2) is 60.0 Å². The molecule has 1 atom stereocenters. The van der Waals surface area contributed by atoms with E-state index in [9.17, 15) is 4.79 Å². The van der Waals surface area contributed by atoms with Crippen LogP contribution < -0.4 is 10.6 Å². The van der Waals surface area contributed by atoms with Gasteiger partial charge in [0.05, 0.1) is 6.04 Å². The number of hydrogen-bond donors (Lipinski definition) is 2. The van der Waals surface area contributed by atoms with Gasteiger partial charge in [0.25, 0.3) is 0 Å². The minimum Gasteiger partial charge on any atom is -0.381 e. The molecule has 0 aliphatic carbocycles. The highest BCUT2D eigenvalue weighted by atomic mass is 16.5. The molecule has 2 aliphatic rings.